The molecular formula is C21H19F2N3O4S2. The molecule has 2 aromatic carbocycles. The van der Waals surface area contributed by atoms with E-state index < -0.39 is 15.8 Å². The molecule has 0 radical (unpaired) electrons. The van der Waals surface area contributed by atoms with Crippen LogP contribution < -0.4 is 4.74 Å². The van der Waals surface area contributed by atoms with E-state index in [1.54, 1.807) is 10.3 Å². The van der Waals surface area contributed by atoms with Gasteiger partial charge in [-0.25, -0.2) is 22.2 Å². The fourth-order valence-corrected chi connectivity index (χ4v) is 5.30. The van der Waals surface area contributed by atoms with Gasteiger partial charge in [-0.3, -0.25) is 4.79 Å². The fraction of sp³-hybridized carbons (Fsp3) is 0.238. The minimum Gasteiger partial charge on any atom is -0.486 e. The summed E-state index contributed by atoms with van der Waals surface area (Å²) in [6, 6.07) is 10.3. The van der Waals surface area contributed by atoms with Gasteiger partial charge in [0.25, 0.3) is 5.91 Å². The normalized spacial score (nSPS) is 15.0. The zero-order valence-corrected chi connectivity index (χ0v) is 18.4. The SMILES string of the molecule is O=C(c1csc(COc2ccc(F)cc2)n1)N1CCN(S(=O)(=O)c2ccc(F)cc2)CC1. The molecule has 0 spiro atoms. The Kier molecular flexibility index (Phi) is 6.49. The fourth-order valence-electron chi connectivity index (χ4n) is 3.20. The second-order valence-electron chi connectivity index (χ2n) is 7.02. The van der Waals surface area contributed by atoms with Gasteiger partial charge >= 0.3 is 0 Å². The van der Waals surface area contributed by atoms with Gasteiger partial charge in [0.2, 0.25) is 10.0 Å². The average molecular weight is 480 g/mol. The van der Waals surface area contributed by atoms with Gasteiger partial charge in [-0.05, 0) is 48.5 Å². The molecule has 1 aromatic heterocycles. The molecule has 1 amide bonds. The molecule has 0 N–H and O–H groups in total. The molecule has 7 nitrogen and oxygen atoms in total. The number of nitrogens with zero attached hydrogens (tertiary/aromatic N) is 3. The largest absolute Gasteiger partial charge is 0.486 e. The third-order valence-corrected chi connectivity index (χ3v) is 7.66. The Labute approximate surface area is 187 Å². The molecule has 1 aliphatic rings. The lowest BCUT2D eigenvalue weighted by Crippen LogP contribution is -2.50. The number of thiazole rings is 1. The molecule has 2 heterocycles. The molecule has 0 saturated carbocycles. The Morgan fingerprint density at radius 3 is 2.19 bits per heavy atom. The summed E-state index contributed by atoms with van der Waals surface area (Å²) in [5.41, 5.74) is 0.266. The van der Waals surface area contributed by atoms with Gasteiger partial charge in [0.05, 0.1) is 4.90 Å². The van der Waals surface area contributed by atoms with E-state index in [0.29, 0.717) is 10.8 Å². The summed E-state index contributed by atoms with van der Waals surface area (Å²) in [5, 5.41) is 2.23. The molecule has 32 heavy (non-hydrogen) atoms. The van der Waals surface area contributed by atoms with Crippen LogP contribution >= 0.6 is 11.3 Å². The number of benzene rings is 2. The number of piperazine rings is 1. The summed E-state index contributed by atoms with van der Waals surface area (Å²) in [5.74, 6) is -0.656. The quantitative estimate of drug-likeness (QED) is 0.543. The van der Waals surface area contributed by atoms with E-state index in [2.05, 4.69) is 4.98 Å². The van der Waals surface area contributed by atoms with Crippen molar-refractivity contribution in [1.82, 2.24) is 14.2 Å². The predicted molar refractivity (Wildman–Crippen MR) is 114 cm³/mol. The van der Waals surface area contributed by atoms with Crippen molar-refractivity contribution in [2.24, 2.45) is 0 Å². The number of hydrogen-bond acceptors (Lipinski definition) is 6. The van der Waals surface area contributed by atoms with E-state index in [-0.39, 0.29) is 55.1 Å². The van der Waals surface area contributed by atoms with Crippen LogP contribution in [0.25, 0.3) is 0 Å². The number of rotatable bonds is 6. The maximum absolute atomic E-state index is 13.1. The molecule has 3 aromatic rings. The van der Waals surface area contributed by atoms with Crippen molar-refractivity contribution < 1.29 is 26.7 Å². The Balaban J connectivity index is 1.33. The third-order valence-electron chi connectivity index (χ3n) is 4.92. The van der Waals surface area contributed by atoms with E-state index in [1.807, 2.05) is 0 Å². The van der Waals surface area contributed by atoms with Crippen LogP contribution in [0, 0.1) is 11.6 Å². The average Bonchev–Trinajstić information content (AvgIpc) is 3.28. The van der Waals surface area contributed by atoms with Crippen molar-refractivity contribution >= 4 is 27.3 Å². The summed E-state index contributed by atoms with van der Waals surface area (Å²) >= 11 is 1.27. The number of amides is 1. The second-order valence-corrected chi connectivity index (χ2v) is 9.90. The van der Waals surface area contributed by atoms with Crippen LogP contribution in [-0.4, -0.2) is 54.7 Å². The summed E-state index contributed by atoms with van der Waals surface area (Å²) in [6.07, 6.45) is 0. The van der Waals surface area contributed by atoms with Crippen LogP contribution in [0.2, 0.25) is 0 Å². The molecule has 168 valence electrons. The van der Waals surface area contributed by atoms with Crippen LogP contribution in [0.15, 0.2) is 58.8 Å². The minimum atomic E-state index is -3.75. The molecule has 0 bridgehead atoms. The van der Waals surface area contributed by atoms with E-state index in [0.717, 1.165) is 12.1 Å². The summed E-state index contributed by atoms with van der Waals surface area (Å²) in [6.45, 7) is 0.857. The van der Waals surface area contributed by atoms with Crippen LogP contribution in [-0.2, 0) is 16.6 Å². The summed E-state index contributed by atoms with van der Waals surface area (Å²) in [7, 11) is -3.75. The molecule has 1 aliphatic heterocycles. The molecule has 0 unspecified atom stereocenters. The number of sulfonamides is 1. The second kappa shape index (κ2) is 9.31. The Bertz CT molecular complexity index is 1190. The van der Waals surface area contributed by atoms with Crippen molar-refractivity contribution in [2.75, 3.05) is 26.2 Å². The van der Waals surface area contributed by atoms with Gasteiger partial charge in [0, 0.05) is 31.6 Å². The smallest absolute Gasteiger partial charge is 0.273 e. The highest BCUT2D eigenvalue weighted by molar-refractivity contribution is 7.89. The van der Waals surface area contributed by atoms with Gasteiger partial charge in [-0.2, -0.15) is 4.31 Å². The highest BCUT2D eigenvalue weighted by Crippen LogP contribution is 2.20. The number of carbonyl (C=O) groups is 1. The van der Waals surface area contributed by atoms with Crippen molar-refractivity contribution in [2.45, 2.75) is 11.5 Å². The first-order chi connectivity index (χ1) is 15.3. The van der Waals surface area contributed by atoms with Crippen LogP contribution in [0.1, 0.15) is 15.5 Å². The Morgan fingerprint density at radius 1 is 0.969 bits per heavy atom. The number of carbonyl (C=O) groups excluding carboxylic acids is 1. The summed E-state index contributed by atoms with van der Waals surface area (Å²) in [4.78, 5) is 18.6. The predicted octanol–water partition coefficient (Wildman–Crippen LogP) is 3.15. The van der Waals surface area contributed by atoms with Gasteiger partial charge in [-0.1, -0.05) is 0 Å². The van der Waals surface area contributed by atoms with Crippen LogP contribution in [0.3, 0.4) is 0 Å². The maximum Gasteiger partial charge on any atom is 0.273 e. The summed E-state index contributed by atoms with van der Waals surface area (Å²) < 4.78 is 58.3. The van der Waals surface area contributed by atoms with Gasteiger partial charge in [-0.15, -0.1) is 11.3 Å². The number of aromatic nitrogens is 1. The van der Waals surface area contributed by atoms with Gasteiger partial charge in [0.1, 0.15) is 34.7 Å². The van der Waals surface area contributed by atoms with Crippen LogP contribution in [0.5, 0.6) is 5.75 Å². The van der Waals surface area contributed by atoms with E-state index in [4.69, 9.17) is 4.74 Å². The van der Waals surface area contributed by atoms with Crippen LogP contribution in [0.4, 0.5) is 8.78 Å². The van der Waals surface area contributed by atoms with Crippen molar-refractivity contribution in [3.63, 3.8) is 0 Å². The first kappa shape index (κ1) is 22.3. The number of ether oxygens (including phenoxy) is 1. The first-order valence-electron chi connectivity index (χ1n) is 9.71. The van der Waals surface area contributed by atoms with Gasteiger partial charge < -0.3 is 9.64 Å². The van der Waals surface area contributed by atoms with Crippen molar-refractivity contribution in [3.05, 3.63) is 76.2 Å². The standard InChI is InChI=1S/C21H19F2N3O4S2/c22-15-1-5-17(6-2-15)30-13-20-24-19(14-31-20)21(27)25-9-11-26(12-10-25)32(28,29)18-7-3-16(23)4-8-18/h1-8,14H,9-13H2. The molecule has 0 atom stereocenters. The zero-order valence-electron chi connectivity index (χ0n) is 16.8. The lowest BCUT2D eigenvalue weighted by Gasteiger charge is -2.33. The van der Waals surface area contributed by atoms with Crippen molar-refractivity contribution in [3.8, 4) is 5.75 Å². The molecule has 1 saturated heterocycles. The lowest BCUT2D eigenvalue weighted by atomic mass is 10.3. The Hall–Kier alpha value is -2.89. The molecule has 1 fully saturated rings. The highest BCUT2D eigenvalue weighted by atomic mass is 32.2. The molecule has 11 heteroatoms. The first-order valence-corrected chi connectivity index (χ1v) is 12.0. The van der Waals surface area contributed by atoms with E-state index in [9.17, 15) is 22.0 Å². The topological polar surface area (TPSA) is 79.8 Å². The molecular weight excluding hydrogens is 460 g/mol. The minimum absolute atomic E-state index is 0.0176. The van der Waals surface area contributed by atoms with E-state index >= 15 is 0 Å². The van der Waals surface area contributed by atoms with Crippen molar-refractivity contribution in [1.29, 1.82) is 0 Å². The monoisotopic (exact) mass is 479 g/mol. The molecule has 4 rings (SSSR count). The number of hydrogen-bond donors (Lipinski definition) is 0. The molecule has 0 aliphatic carbocycles. The lowest BCUT2D eigenvalue weighted by molar-refractivity contribution is 0.0692. The highest BCUT2D eigenvalue weighted by Gasteiger charge is 2.31. The third kappa shape index (κ3) is 4.95. The Morgan fingerprint density at radius 2 is 1.56 bits per heavy atom. The van der Waals surface area contributed by atoms with E-state index in [1.165, 1.54) is 52.0 Å². The number of halogens is 2. The zero-order chi connectivity index (χ0) is 22.7. The van der Waals surface area contributed by atoms with Gasteiger partial charge in [0.15, 0.2) is 0 Å². The maximum atomic E-state index is 13.1.